The third kappa shape index (κ3) is 3.59. The van der Waals surface area contributed by atoms with Gasteiger partial charge in [-0.3, -0.25) is 5.43 Å². The number of benzene rings is 1. The van der Waals surface area contributed by atoms with Gasteiger partial charge in [-0.2, -0.15) is 0 Å². The molecule has 1 aromatic heterocycles. The molecule has 0 saturated carbocycles. The molecule has 2 rings (SSSR count). The highest BCUT2D eigenvalue weighted by molar-refractivity contribution is 5.82. The molecule has 1 aromatic carbocycles. The van der Waals surface area contributed by atoms with Gasteiger partial charge in [0.15, 0.2) is 0 Å². The van der Waals surface area contributed by atoms with Crippen molar-refractivity contribution in [1.82, 2.24) is 10.3 Å². The van der Waals surface area contributed by atoms with E-state index in [1.807, 2.05) is 54.3 Å². The van der Waals surface area contributed by atoms with E-state index in [1.54, 1.807) is 6.26 Å². The molecule has 0 radical (unpaired) electrons. The second-order valence-corrected chi connectivity index (χ2v) is 4.01. The van der Waals surface area contributed by atoms with Crippen molar-refractivity contribution < 1.29 is 4.42 Å². The monoisotopic (exact) mass is 258 g/mol. The molecule has 0 aliphatic carbocycles. The van der Waals surface area contributed by atoms with Crippen LogP contribution in [-0.2, 0) is 6.54 Å². The number of para-hydroxylation sites is 1. The lowest BCUT2D eigenvalue weighted by Crippen LogP contribution is -2.44. The highest BCUT2D eigenvalue weighted by Crippen LogP contribution is 2.12. The van der Waals surface area contributed by atoms with Crippen LogP contribution in [-0.4, -0.2) is 17.4 Å². The Balaban J connectivity index is 2.16. The van der Waals surface area contributed by atoms with E-state index >= 15 is 0 Å². The summed E-state index contributed by atoms with van der Waals surface area (Å²) in [5, 5.41) is 0. The van der Waals surface area contributed by atoms with Crippen LogP contribution in [0.3, 0.4) is 0 Å². The maximum atomic E-state index is 5.57. The number of nitrogens with one attached hydrogen (secondary N) is 1. The third-order valence-corrected chi connectivity index (χ3v) is 2.73. The van der Waals surface area contributed by atoms with E-state index in [1.165, 1.54) is 0 Å². The number of aliphatic imine (C=N–C) groups is 1. The second kappa shape index (κ2) is 6.61. The zero-order chi connectivity index (χ0) is 13.5. The smallest absolute Gasteiger partial charge is 0.214 e. The predicted molar refractivity (Wildman–Crippen MR) is 75.7 cm³/mol. The molecule has 0 bridgehead atoms. The fraction of sp³-hybridized carbons (Fsp3) is 0.214. The van der Waals surface area contributed by atoms with E-state index < -0.39 is 0 Å². The Hall–Kier alpha value is -2.27. The number of nitrogens with zero attached hydrogens (tertiary/aromatic N) is 2. The summed E-state index contributed by atoms with van der Waals surface area (Å²) in [6.07, 6.45) is 1.66. The van der Waals surface area contributed by atoms with Crippen LogP contribution in [0.2, 0.25) is 0 Å². The van der Waals surface area contributed by atoms with E-state index in [-0.39, 0.29) is 0 Å². The summed E-state index contributed by atoms with van der Waals surface area (Å²) >= 11 is 0. The molecule has 0 aliphatic rings. The third-order valence-electron chi connectivity index (χ3n) is 2.73. The van der Waals surface area contributed by atoms with Gasteiger partial charge in [-0.15, -0.1) is 0 Å². The van der Waals surface area contributed by atoms with Gasteiger partial charge in [0.25, 0.3) is 0 Å². The molecule has 0 unspecified atom stereocenters. The van der Waals surface area contributed by atoms with E-state index in [0.717, 1.165) is 18.0 Å². The molecular formula is C14H18N4O. The van der Waals surface area contributed by atoms with Crippen LogP contribution in [0, 0.1) is 0 Å². The normalized spacial score (nSPS) is 11.4. The summed E-state index contributed by atoms with van der Waals surface area (Å²) in [6.45, 7) is 3.44. The quantitative estimate of drug-likeness (QED) is 0.382. The molecule has 0 spiro atoms. The Bertz CT molecular complexity index is 508. The molecule has 3 N–H and O–H groups in total. The molecule has 5 nitrogen and oxygen atoms in total. The van der Waals surface area contributed by atoms with Crippen LogP contribution in [0.15, 0.2) is 58.1 Å². The standard InChI is InChI=1S/C14H18N4O/c1-2-18(11-13-9-6-10-19-13)14(17-15)16-12-7-4-3-5-8-12/h3-10H,2,11,15H2,1H3,(H,16,17). The van der Waals surface area contributed by atoms with Gasteiger partial charge in [0.2, 0.25) is 5.96 Å². The fourth-order valence-corrected chi connectivity index (χ4v) is 1.75. The summed E-state index contributed by atoms with van der Waals surface area (Å²) in [5.74, 6) is 7.06. The van der Waals surface area contributed by atoms with Gasteiger partial charge in [-0.05, 0) is 31.2 Å². The van der Waals surface area contributed by atoms with Crippen molar-refractivity contribution in [3.63, 3.8) is 0 Å². The van der Waals surface area contributed by atoms with Crippen LogP contribution in [0.1, 0.15) is 12.7 Å². The van der Waals surface area contributed by atoms with Crippen molar-refractivity contribution in [3.05, 3.63) is 54.5 Å². The highest BCUT2D eigenvalue weighted by atomic mass is 16.3. The first kappa shape index (κ1) is 13.2. The first-order valence-corrected chi connectivity index (χ1v) is 6.21. The fourth-order valence-electron chi connectivity index (χ4n) is 1.75. The van der Waals surface area contributed by atoms with Gasteiger partial charge >= 0.3 is 0 Å². The lowest BCUT2D eigenvalue weighted by molar-refractivity contribution is 0.365. The molecule has 1 heterocycles. The summed E-state index contributed by atoms with van der Waals surface area (Å²) < 4.78 is 5.35. The van der Waals surface area contributed by atoms with Crippen molar-refractivity contribution in [2.75, 3.05) is 6.54 Å². The van der Waals surface area contributed by atoms with Crippen molar-refractivity contribution >= 4 is 11.6 Å². The Morgan fingerprint density at radius 1 is 1.26 bits per heavy atom. The number of hydrogen-bond donors (Lipinski definition) is 2. The minimum Gasteiger partial charge on any atom is -0.467 e. The maximum absolute atomic E-state index is 5.57. The minimum atomic E-state index is 0.616. The van der Waals surface area contributed by atoms with Crippen LogP contribution in [0.25, 0.3) is 0 Å². The first-order chi connectivity index (χ1) is 9.33. The van der Waals surface area contributed by atoms with E-state index in [9.17, 15) is 0 Å². The number of guanidine groups is 1. The van der Waals surface area contributed by atoms with E-state index in [0.29, 0.717) is 12.5 Å². The minimum absolute atomic E-state index is 0.616. The van der Waals surface area contributed by atoms with E-state index in [2.05, 4.69) is 10.4 Å². The van der Waals surface area contributed by atoms with Crippen LogP contribution in [0.5, 0.6) is 0 Å². The molecule has 100 valence electrons. The second-order valence-electron chi connectivity index (χ2n) is 4.01. The average Bonchev–Trinajstić information content (AvgIpc) is 2.96. The number of nitrogens with two attached hydrogens (primary N) is 1. The average molecular weight is 258 g/mol. The molecule has 0 atom stereocenters. The summed E-state index contributed by atoms with van der Waals surface area (Å²) in [7, 11) is 0. The zero-order valence-corrected chi connectivity index (χ0v) is 10.9. The number of rotatable bonds is 4. The topological polar surface area (TPSA) is 66.8 Å². The van der Waals surface area contributed by atoms with Gasteiger partial charge in [0.1, 0.15) is 5.76 Å². The van der Waals surface area contributed by atoms with Gasteiger partial charge in [-0.1, -0.05) is 18.2 Å². The Labute approximate surface area is 112 Å². The van der Waals surface area contributed by atoms with Gasteiger partial charge in [0.05, 0.1) is 18.5 Å². The van der Waals surface area contributed by atoms with Crippen molar-refractivity contribution in [2.24, 2.45) is 10.8 Å². The first-order valence-electron chi connectivity index (χ1n) is 6.21. The zero-order valence-electron chi connectivity index (χ0n) is 10.9. The van der Waals surface area contributed by atoms with Crippen LogP contribution in [0.4, 0.5) is 5.69 Å². The number of hydrogen-bond acceptors (Lipinski definition) is 3. The van der Waals surface area contributed by atoms with Crippen molar-refractivity contribution in [2.45, 2.75) is 13.5 Å². The number of hydrazine groups is 1. The Morgan fingerprint density at radius 3 is 2.63 bits per heavy atom. The summed E-state index contributed by atoms with van der Waals surface area (Å²) in [5.41, 5.74) is 3.50. The van der Waals surface area contributed by atoms with E-state index in [4.69, 9.17) is 10.3 Å². The molecule has 0 aliphatic heterocycles. The Kier molecular flexibility index (Phi) is 4.58. The molecular weight excluding hydrogens is 240 g/mol. The predicted octanol–water partition coefficient (Wildman–Crippen LogP) is 2.25. The van der Waals surface area contributed by atoms with Crippen molar-refractivity contribution in [3.8, 4) is 0 Å². The molecule has 19 heavy (non-hydrogen) atoms. The lowest BCUT2D eigenvalue weighted by atomic mass is 10.3. The lowest BCUT2D eigenvalue weighted by Gasteiger charge is -2.22. The number of furan rings is 1. The van der Waals surface area contributed by atoms with Crippen molar-refractivity contribution in [1.29, 1.82) is 0 Å². The summed E-state index contributed by atoms with van der Waals surface area (Å²) in [6, 6.07) is 13.5. The SMILES string of the molecule is CCN(Cc1ccco1)C(=Nc1ccccc1)NN. The van der Waals surface area contributed by atoms with Crippen LogP contribution < -0.4 is 11.3 Å². The van der Waals surface area contributed by atoms with Gasteiger partial charge in [-0.25, -0.2) is 10.8 Å². The molecule has 0 amide bonds. The largest absolute Gasteiger partial charge is 0.467 e. The highest BCUT2D eigenvalue weighted by Gasteiger charge is 2.10. The molecule has 0 fully saturated rings. The Morgan fingerprint density at radius 2 is 2.05 bits per heavy atom. The molecule has 5 heteroatoms. The summed E-state index contributed by atoms with van der Waals surface area (Å²) in [4.78, 5) is 6.50. The molecule has 2 aromatic rings. The molecule has 0 saturated heterocycles. The van der Waals surface area contributed by atoms with Gasteiger partial charge in [0, 0.05) is 6.54 Å². The van der Waals surface area contributed by atoms with Crippen LogP contribution >= 0.6 is 0 Å². The van der Waals surface area contributed by atoms with Gasteiger partial charge < -0.3 is 9.32 Å². The maximum Gasteiger partial charge on any atom is 0.214 e.